The number of alkyl halides is 1. The van der Waals surface area contributed by atoms with Crippen molar-refractivity contribution in [2.45, 2.75) is 30.1 Å². The molecule has 0 heterocycles. The lowest BCUT2D eigenvalue weighted by molar-refractivity contribution is -0.136. The van der Waals surface area contributed by atoms with E-state index in [2.05, 4.69) is 20.8 Å². The van der Waals surface area contributed by atoms with Crippen LogP contribution >= 0.6 is 22.6 Å². The van der Waals surface area contributed by atoms with Gasteiger partial charge in [0.05, 0.1) is 0 Å². The van der Waals surface area contributed by atoms with Gasteiger partial charge in [0.1, 0.15) is 3.92 Å². The van der Waals surface area contributed by atoms with Crippen LogP contribution in [-0.4, -0.2) is 11.1 Å². The topological polar surface area (TPSA) is 37.3 Å². The fourth-order valence-corrected chi connectivity index (χ4v) is 1.71. The van der Waals surface area contributed by atoms with Gasteiger partial charge in [-0.1, -0.05) is 67.6 Å². The molecule has 1 atom stereocenters. The largest absolute Gasteiger partial charge is 0.480 e. The summed E-state index contributed by atoms with van der Waals surface area (Å²) < 4.78 is -0.461. The van der Waals surface area contributed by atoms with E-state index in [-0.39, 0.29) is 5.41 Å². The third-order valence-electron chi connectivity index (χ3n) is 2.29. The molecule has 1 unspecified atom stereocenters. The number of carboxylic acids is 1. The van der Waals surface area contributed by atoms with E-state index in [0.29, 0.717) is 0 Å². The van der Waals surface area contributed by atoms with Gasteiger partial charge in [-0.05, 0) is 16.5 Å². The molecule has 2 nitrogen and oxygen atoms in total. The number of aliphatic carboxylic acids is 1. The molecule has 0 radical (unpaired) electrons. The maximum Gasteiger partial charge on any atom is 0.320 e. The smallest absolute Gasteiger partial charge is 0.320 e. The van der Waals surface area contributed by atoms with Gasteiger partial charge in [0, 0.05) is 0 Å². The summed E-state index contributed by atoms with van der Waals surface area (Å²) in [6, 6.07) is 7.80. The second-order valence-corrected chi connectivity index (χ2v) is 5.82. The predicted octanol–water partition coefficient (Wildman–Crippen LogP) is 3.54. The zero-order valence-corrected chi connectivity index (χ0v) is 11.3. The first-order valence-corrected chi connectivity index (χ1v) is 6.04. The van der Waals surface area contributed by atoms with Crippen LogP contribution in [0.5, 0.6) is 0 Å². The van der Waals surface area contributed by atoms with Gasteiger partial charge in [-0.2, -0.15) is 0 Å². The Labute approximate surface area is 104 Å². The second-order valence-electron chi connectivity index (χ2n) is 4.57. The van der Waals surface area contributed by atoms with E-state index in [0.717, 1.165) is 5.56 Å². The van der Waals surface area contributed by atoms with Gasteiger partial charge < -0.3 is 5.11 Å². The minimum atomic E-state index is -0.792. The lowest BCUT2D eigenvalue weighted by Crippen LogP contribution is -2.11. The van der Waals surface area contributed by atoms with Crippen molar-refractivity contribution in [2.24, 2.45) is 0 Å². The first-order chi connectivity index (χ1) is 6.82. The van der Waals surface area contributed by atoms with Crippen LogP contribution in [0.4, 0.5) is 0 Å². The molecule has 1 aromatic carbocycles. The van der Waals surface area contributed by atoms with Gasteiger partial charge >= 0.3 is 5.97 Å². The van der Waals surface area contributed by atoms with Crippen molar-refractivity contribution in [3.63, 3.8) is 0 Å². The van der Waals surface area contributed by atoms with Crippen LogP contribution in [0.3, 0.4) is 0 Å². The third-order valence-corrected chi connectivity index (χ3v) is 3.54. The molecule has 0 fully saturated rings. The van der Waals surface area contributed by atoms with Gasteiger partial charge in [0.2, 0.25) is 0 Å². The number of rotatable bonds is 2. The molecule has 3 heteroatoms. The molecule has 15 heavy (non-hydrogen) atoms. The summed E-state index contributed by atoms with van der Waals surface area (Å²) in [7, 11) is 0. The number of hydrogen-bond acceptors (Lipinski definition) is 1. The molecular weight excluding hydrogens is 303 g/mol. The number of carbonyl (C=O) groups is 1. The zero-order chi connectivity index (χ0) is 11.6. The Bertz CT molecular complexity index is 349. The SMILES string of the molecule is CC(C)(C)c1ccc(C(I)C(=O)O)cc1. The number of halogens is 1. The van der Waals surface area contributed by atoms with Crippen LogP contribution < -0.4 is 0 Å². The first kappa shape index (κ1) is 12.5. The molecule has 0 aliphatic heterocycles. The van der Waals surface area contributed by atoms with Gasteiger partial charge in [-0.15, -0.1) is 0 Å². The van der Waals surface area contributed by atoms with E-state index in [9.17, 15) is 4.79 Å². The molecule has 0 saturated carbocycles. The lowest BCUT2D eigenvalue weighted by atomic mass is 9.86. The molecule has 1 rings (SSSR count). The summed E-state index contributed by atoms with van der Waals surface area (Å²) in [5.74, 6) is -0.792. The summed E-state index contributed by atoms with van der Waals surface area (Å²) in [6.07, 6.45) is 0. The molecule has 0 amide bonds. The average Bonchev–Trinajstić information content (AvgIpc) is 2.15. The zero-order valence-electron chi connectivity index (χ0n) is 9.12. The number of carboxylic acid groups (broad SMARTS) is 1. The van der Waals surface area contributed by atoms with Crippen LogP contribution in [0, 0.1) is 0 Å². The van der Waals surface area contributed by atoms with Crippen LogP contribution in [0.25, 0.3) is 0 Å². The molecule has 0 aliphatic carbocycles. The number of benzene rings is 1. The van der Waals surface area contributed by atoms with Crippen molar-refractivity contribution in [2.75, 3.05) is 0 Å². The maximum atomic E-state index is 10.8. The van der Waals surface area contributed by atoms with Gasteiger partial charge in [-0.25, -0.2) is 0 Å². The van der Waals surface area contributed by atoms with Gasteiger partial charge in [-0.3, -0.25) is 4.79 Å². The summed E-state index contributed by atoms with van der Waals surface area (Å²) >= 11 is 1.93. The highest BCUT2D eigenvalue weighted by atomic mass is 127. The van der Waals surface area contributed by atoms with Crippen LogP contribution in [-0.2, 0) is 10.2 Å². The summed E-state index contributed by atoms with van der Waals surface area (Å²) in [4.78, 5) is 10.8. The fraction of sp³-hybridized carbons (Fsp3) is 0.417. The standard InChI is InChI=1S/C12H15IO2/c1-12(2,3)9-6-4-8(5-7-9)10(13)11(14)15/h4-7,10H,1-3H3,(H,14,15). The highest BCUT2D eigenvalue weighted by molar-refractivity contribution is 14.1. The molecule has 0 spiro atoms. The quantitative estimate of drug-likeness (QED) is 0.669. The van der Waals surface area contributed by atoms with Gasteiger partial charge in [0.15, 0.2) is 0 Å². The summed E-state index contributed by atoms with van der Waals surface area (Å²) in [5, 5.41) is 8.86. The van der Waals surface area contributed by atoms with E-state index in [1.165, 1.54) is 5.56 Å². The maximum absolute atomic E-state index is 10.8. The van der Waals surface area contributed by atoms with Crippen molar-refractivity contribution in [1.29, 1.82) is 0 Å². The fourth-order valence-electron chi connectivity index (χ4n) is 1.29. The van der Waals surface area contributed by atoms with Gasteiger partial charge in [0.25, 0.3) is 0 Å². The molecule has 1 N–H and O–H groups in total. The number of hydrogen-bond donors (Lipinski definition) is 1. The van der Waals surface area contributed by atoms with Crippen LogP contribution in [0.15, 0.2) is 24.3 Å². The van der Waals surface area contributed by atoms with E-state index in [1.807, 2.05) is 46.9 Å². The molecular formula is C12H15IO2. The average molecular weight is 318 g/mol. The van der Waals surface area contributed by atoms with Crippen molar-refractivity contribution < 1.29 is 9.90 Å². The molecule has 82 valence electrons. The van der Waals surface area contributed by atoms with E-state index in [1.54, 1.807) is 0 Å². The first-order valence-electron chi connectivity index (χ1n) is 4.79. The lowest BCUT2D eigenvalue weighted by Gasteiger charge is -2.19. The molecule has 0 aromatic heterocycles. The highest BCUT2D eigenvalue weighted by Gasteiger charge is 2.17. The Kier molecular flexibility index (Phi) is 3.76. The van der Waals surface area contributed by atoms with Crippen LogP contribution in [0.2, 0.25) is 0 Å². The third kappa shape index (κ3) is 3.19. The van der Waals surface area contributed by atoms with Crippen LogP contribution in [0.1, 0.15) is 35.8 Å². The molecule has 1 aromatic rings. The van der Waals surface area contributed by atoms with Crippen molar-refractivity contribution in [1.82, 2.24) is 0 Å². The monoisotopic (exact) mass is 318 g/mol. The van der Waals surface area contributed by atoms with Crippen molar-refractivity contribution in [3.05, 3.63) is 35.4 Å². The molecule has 0 saturated heterocycles. The predicted molar refractivity (Wildman–Crippen MR) is 69.5 cm³/mol. The second kappa shape index (κ2) is 4.51. The highest BCUT2D eigenvalue weighted by Crippen LogP contribution is 2.27. The van der Waals surface area contributed by atoms with E-state index in [4.69, 9.17) is 5.11 Å². The van der Waals surface area contributed by atoms with Crippen molar-refractivity contribution >= 4 is 28.6 Å². The van der Waals surface area contributed by atoms with E-state index >= 15 is 0 Å². The summed E-state index contributed by atoms with van der Waals surface area (Å²) in [6.45, 7) is 6.42. The van der Waals surface area contributed by atoms with E-state index < -0.39 is 9.89 Å². The molecule has 0 aliphatic rings. The minimum absolute atomic E-state index is 0.114. The minimum Gasteiger partial charge on any atom is -0.480 e. The Balaban J connectivity index is 2.95. The Hall–Kier alpha value is -0.580. The normalized spacial score (nSPS) is 13.6. The Morgan fingerprint density at radius 3 is 2.07 bits per heavy atom. The molecule has 0 bridgehead atoms. The Morgan fingerprint density at radius 1 is 1.27 bits per heavy atom. The Morgan fingerprint density at radius 2 is 1.73 bits per heavy atom. The van der Waals surface area contributed by atoms with Crippen molar-refractivity contribution in [3.8, 4) is 0 Å². The summed E-state index contributed by atoms with van der Waals surface area (Å²) in [5.41, 5.74) is 2.18.